The van der Waals surface area contributed by atoms with Crippen molar-refractivity contribution >= 4 is 23.7 Å². The molecule has 132 valence electrons. The van der Waals surface area contributed by atoms with Gasteiger partial charge in [0.1, 0.15) is 0 Å². The molecule has 3 rings (SSSR count). The number of hydrogen-bond donors (Lipinski definition) is 1. The Morgan fingerprint density at radius 3 is 2.72 bits per heavy atom. The molecule has 0 spiro atoms. The van der Waals surface area contributed by atoms with E-state index in [1.807, 2.05) is 29.8 Å². The molecule has 0 saturated carbocycles. The highest BCUT2D eigenvalue weighted by molar-refractivity contribution is 8.00. The molecule has 7 heteroatoms. The maximum Gasteiger partial charge on any atom is 0.324 e. The normalized spacial score (nSPS) is 15.5. The molecule has 0 aliphatic carbocycles. The average molecular weight is 358 g/mol. The van der Waals surface area contributed by atoms with Gasteiger partial charge in [0.25, 0.3) is 0 Å². The maximum atomic E-state index is 12.5. The van der Waals surface area contributed by atoms with Gasteiger partial charge in [-0.2, -0.15) is 0 Å². The van der Waals surface area contributed by atoms with Gasteiger partial charge in [-0.1, -0.05) is 43.8 Å². The Kier molecular flexibility index (Phi) is 5.13. The van der Waals surface area contributed by atoms with Gasteiger partial charge in [0.15, 0.2) is 5.16 Å². The molecule has 1 aromatic heterocycles. The van der Waals surface area contributed by atoms with Crippen molar-refractivity contribution in [1.82, 2.24) is 19.8 Å². The molecule has 1 aromatic carbocycles. The molecular formula is C18H22N4O2S. The predicted octanol–water partition coefficient (Wildman–Crippen LogP) is 3.03. The highest BCUT2D eigenvalue weighted by Gasteiger charge is 2.31. The van der Waals surface area contributed by atoms with Gasteiger partial charge in [-0.25, -0.2) is 9.78 Å². The fourth-order valence-corrected chi connectivity index (χ4v) is 3.80. The number of urea groups is 1. The summed E-state index contributed by atoms with van der Waals surface area (Å²) in [6, 6.07) is 7.88. The zero-order valence-electron chi connectivity index (χ0n) is 14.6. The minimum atomic E-state index is -0.392. The third-order valence-corrected chi connectivity index (χ3v) is 5.25. The Balaban J connectivity index is 1.83. The number of rotatable bonds is 5. The smallest absolute Gasteiger partial charge is 0.324 e. The van der Waals surface area contributed by atoms with E-state index in [0.717, 1.165) is 10.8 Å². The van der Waals surface area contributed by atoms with Gasteiger partial charge < -0.3 is 5.32 Å². The number of nitrogens with one attached hydrogen (secondary N) is 1. The molecule has 25 heavy (non-hydrogen) atoms. The van der Waals surface area contributed by atoms with Gasteiger partial charge in [-0.05, 0) is 24.5 Å². The number of hydrogen-bond acceptors (Lipinski definition) is 4. The van der Waals surface area contributed by atoms with Crippen molar-refractivity contribution in [3.05, 3.63) is 42.2 Å². The van der Waals surface area contributed by atoms with Crippen LogP contribution in [0, 0.1) is 0 Å². The Morgan fingerprint density at radius 1 is 1.28 bits per heavy atom. The van der Waals surface area contributed by atoms with Gasteiger partial charge in [-0.15, -0.1) is 0 Å². The summed E-state index contributed by atoms with van der Waals surface area (Å²) in [5.41, 5.74) is 2.29. The number of imide groups is 1. The monoisotopic (exact) mass is 358 g/mol. The molecule has 1 aliphatic heterocycles. The van der Waals surface area contributed by atoms with Crippen LogP contribution in [0.15, 0.2) is 41.8 Å². The summed E-state index contributed by atoms with van der Waals surface area (Å²) in [5.74, 6) is 0.190. The second-order valence-electron chi connectivity index (χ2n) is 6.28. The second kappa shape index (κ2) is 7.31. The fourth-order valence-electron chi connectivity index (χ4n) is 2.87. The molecule has 1 fully saturated rings. The SMILES string of the molecule is CC(Sc1nccn1-c1ccccc1C(C)C)C(=O)N1CCNC1=O. The van der Waals surface area contributed by atoms with Crippen LogP contribution in [-0.2, 0) is 4.79 Å². The van der Waals surface area contributed by atoms with Crippen LogP contribution in [0.2, 0.25) is 0 Å². The number of imidazole rings is 1. The lowest BCUT2D eigenvalue weighted by atomic mass is 10.0. The van der Waals surface area contributed by atoms with Crippen LogP contribution in [0.3, 0.4) is 0 Å². The Hall–Kier alpha value is -2.28. The summed E-state index contributed by atoms with van der Waals surface area (Å²) in [6.45, 7) is 7.05. The lowest BCUT2D eigenvalue weighted by molar-refractivity contribution is -0.126. The zero-order valence-corrected chi connectivity index (χ0v) is 15.4. The van der Waals surface area contributed by atoms with Crippen LogP contribution in [0.1, 0.15) is 32.3 Å². The lowest BCUT2D eigenvalue weighted by Crippen LogP contribution is -2.39. The van der Waals surface area contributed by atoms with E-state index in [1.165, 1.54) is 22.2 Å². The molecule has 1 unspecified atom stereocenters. The first kappa shape index (κ1) is 17.5. The van der Waals surface area contributed by atoms with E-state index in [-0.39, 0.29) is 11.9 Å². The van der Waals surface area contributed by atoms with Gasteiger partial charge in [0.05, 0.1) is 10.9 Å². The zero-order chi connectivity index (χ0) is 18.0. The van der Waals surface area contributed by atoms with Crippen LogP contribution in [-0.4, -0.2) is 44.7 Å². The van der Waals surface area contributed by atoms with Crippen molar-refractivity contribution in [3.8, 4) is 5.69 Å². The third-order valence-electron chi connectivity index (χ3n) is 4.18. The molecular weight excluding hydrogens is 336 g/mol. The number of benzene rings is 1. The first-order valence-corrected chi connectivity index (χ1v) is 9.25. The molecule has 0 radical (unpaired) electrons. The third kappa shape index (κ3) is 3.56. The van der Waals surface area contributed by atoms with Crippen LogP contribution >= 0.6 is 11.8 Å². The van der Waals surface area contributed by atoms with Crippen molar-refractivity contribution in [3.63, 3.8) is 0 Å². The van der Waals surface area contributed by atoms with Crippen LogP contribution in [0.25, 0.3) is 5.69 Å². The molecule has 3 amide bonds. The van der Waals surface area contributed by atoms with Crippen molar-refractivity contribution < 1.29 is 9.59 Å². The van der Waals surface area contributed by atoms with Crippen molar-refractivity contribution in [1.29, 1.82) is 0 Å². The summed E-state index contributed by atoms with van der Waals surface area (Å²) in [4.78, 5) is 29.9. The summed E-state index contributed by atoms with van der Waals surface area (Å²) >= 11 is 1.37. The Morgan fingerprint density at radius 2 is 2.04 bits per heavy atom. The lowest BCUT2D eigenvalue weighted by Gasteiger charge is -2.19. The van der Waals surface area contributed by atoms with E-state index in [1.54, 1.807) is 6.20 Å². The number of para-hydroxylation sites is 1. The number of nitrogens with zero attached hydrogens (tertiary/aromatic N) is 3. The average Bonchev–Trinajstić information content (AvgIpc) is 3.23. The van der Waals surface area contributed by atoms with Crippen LogP contribution in [0.4, 0.5) is 4.79 Å². The number of aromatic nitrogens is 2. The number of carbonyl (C=O) groups excluding carboxylic acids is 2. The molecule has 1 N–H and O–H groups in total. The van der Waals surface area contributed by atoms with Crippen LogP contribution < -0.4 is 5.32 Å². The predicted molar refractivity (Wildman–Crippen MR) is 98.1 cm³/mol. The Bertz CT molecular complexity index is 787. The van der Waals surface area contributed by atoms with E-state index < -0.39 is 5.25 Å². The Labute approximate surface area is 151 Å². The second-order valence-corrected chi connectivity index (χ2v) is 7.58. The van der Waals surface area contributed by atoms with Gasteiger partial charge in [-0.3, -0.25) is 14.3 Å². The number of carbonyl (C=O) groups is 2. The minimum Gasteiger partial charge on any atom is -0.336 e. The molecule has 0 bridgehead atoms. The topological polar surface area (TPSA) is 67.2 Å². The first-order valence-electron chi connectivity index (χ1n) is 8.37. The van der Waals surface area contributed by atoms with Crippen LogP contribution in [0.5, 0.6) is 0 Å². The van der Waals surface area contributed by atoms with Gasteiger partial charge in [0, 0.05) is 25.5 Å². The standard InChI is InChI=1S/C18H22N4O2S/c1-12(2)14-6-4-5-7-15(14)21-10-9-20-18(21)25-13(3)16(23)22-11-8-19-17(22)24/h4-7,9-10,12-13H,8,11H2,1-3H3,(H,19,24). The summed E-state index contributed by atoms with van der Waals surface area (Å²) < 4.78 is 2.01. The van der Waals surface area contributed by atoms with Crippen molar-refractivity contribution in [2.75, 3.05) is 13.1 Å². The molecule has 2 heterocycles. The van der Waals surface area contributed by atoms with E-state index >= 15 is 0 Å². The number of thioether (sulfide) groups is 1. The van der Waals surface area contributed by atoms with E-state index in [4.69, 9.17) is 0 Å². The molecule has 1 saturated heterocycles. The number of amides is 3. The summed E-state index contributed by atoms with van der Waals surface area (Å²) in [6.07, 6.45) is 3.64. The van der Waals surface area contributed by atoms with Gasteiger partial charge in [0.2, 0.25) is 5.91 Å². The largest absolute Gasteiger partial charge is 0.336 e. The minimum absolute atomic E-state index is 0.188. The van der Waals surface area contributed by atoms with E-state index in [2.05, 4.69) is 36.3 Å². The fraction of sp³-hybridized carbons (Fsp3) is 0.389. The highest BCUT2D eigenvalue weighted by atomic mass is 32.2. The molecule has 2 aromatic rings. The first-order chi connectivity index (χ1) is 12.0. The molecule has 6 nitrogen and oxygen atoms in total. The van der Waals surface area contributed by atoms with Crippen molar-refractivity contribution in [2.24, 2.45) is 0 Å². The highest BCUT2D eigenvalue weighted by Crippen LogP contribution is 2.29. The summed E-state index contributed by atoms with van der Waals surface area (Å²) in [7, 11) is 0. The molecule has 1 aliphatic rings. The van der Waals surface area contributed by atoms with Gasteiger partial charge >= 0.3 is 6.03 Å². The summed E-state index contributed by atoms with van der Waals surface area (Å²) in [5, 5.41) is 3.01. The van der Waals surface area contributed by atoms with E-state index in [0.29, 0.717) is 19.0 Å². The van der Waals surface area contributed by atoms with E-state index in [9.17, 15) is 9.59 Å². The maximum absolute atomic E-state index is 12.5. The molecule has 1 atom stereocenters. The quantitative estimate of drug-likeness (QED) is 0.834. The van der Waals surface area contributed by atoms with Crippen molar-refractivity contribution in [2.45, 2.75) is 37.1 Å².